The molecule has 0 saturated heterocycles. The number of methoxy groups -OCH3 is 1. The van der Waals surface area contributed by atoms with Crippen LogP contribution in [0.3, 0.4) is 0 Å². The van der Waals surface area contributed by atoms with E-state index < -0.39 is 0 Å². The highest BCUT2D eigenvalue weighted by molar-refractivity contribution is 5.98. The highest BCUT2D eigenvalue weighted by atomic mass is 16.5. The van der Waals surface area contributed by atoms with E-state index >= 15 is 0 Å². The second kappa shape index (κ2) is 5.15. The van der Waals surface area contributed by atoms with Crippen LogP contribution in [-0.4, -0.2) is 26.2 Å². The van der Waals surface area contributed by atoms with E-state index in [1.165, 1.54) is 12.7 Å². The first-order valence-corrected chi connectivity index (χ1v) is 5.80. The molecule has 2 rings (SSSR count). The molecule has 0 aliphatic carbocycles. The van der Waals surface area contributed by atoms with Crippen LogP contribution in [0, 0.1) is 6.92 Å². The molecular formula is C14H17NO2. The molecule has 0 amide bonds. The maximum Gasteiger partial charge on any atom is 0.334 e. The Hall–Kier alpha value is -1.61. The van der Waals surface area contributed by atoms with Gasteiger partial charge in [-0.15, -0.1) is 0 Å². The van der Waals surface area contributed by atoms with Crippen molar-refractivity contribution in [3.8, 4) is 0 Å². The highest BCUT2D eigenvalue weighted by Gasteiger charge is 2.20. The van der Waals surface area contributed by atoms with Crippen molar-refractivity contribution in [3.63, 3.8) is 0 Å². The summed E-state index contributed by atoms with van der Waals surface area (Å²) in [5.41, 5.74) is 4.18. The zero-order valence-electron chi connectivity index (χ0n) is 10.2. The van der Waals surface area contributed by atoms with Crippen molar-refractivity contribution < 1.29 is 9.53 Å². The third-order valence-corrected chi connectivity index (χ3v) is 3.05. The summed E-state index contributed by atoms with van der Waals surface area (Å²) in [6, 6.07) is 8.24. The van der Waals surface area contributed by atoms with Crippen molar-refractivity contribution in [2.45, 2.75) is 13.3 Å². The van der Waals surface area contributed by atoms with E-state index in [4.69, 9.17) is 4.74 Å². The van der Waals surface area contributed by atoms with Gasteiger partial charge < -0.3 is 10.1 Å². The smallest absolute Gasteiger partial charge is 0.334 e. The lowest BCUT2D eigenvalue weighted by molar-refractivity contribution is -0.136. The normalized spacial score (nSPS) is 15.9. The fourth-order valence-electron chi connectivity index (χ4n) is 2.06. The van der Waals surface area contributed by atoms with Gasteiger partial charge in [0.2, 0.25) is 0 Å². The molecule has 17 heavy (non-hydrogen) atoms. The van der Waals surface area contributed by atoms with Crippen LogP contribution in [0.5, 0.6) is 0 Å². The predicted octanol–water partition coefficient (Wildman–Crippen LogP) is 1.91. The Kier molecular flexibility index (Phi) is 3.59. The van der Waals surface area contributed by atoms with Crippen LogP contribution in [0.2, 0.25) is 0 Å². The first kappa shape index (κ1) is 11.9. The molecule has 1 aromatic rings. The molecule has 90 valence electrons. The number of nitrogens with one attached hydrogen (secondary N) is 1. The number of ether oxygens (including phenoxy) is 1. The molecule has 0 aromatic heterocycles. The molecule has 0 bridgehead atoms. The SMILES string of the molecule is COC(=O)C1=C(c2ccc(C)cc2)CNCC1. The average molecular weight is 231 g/mol. The van der Waals surface area contributed by atoms with Crippen LogP contribution in [0.1, 0.15) is 17.5 Å². The zero-order chi connectivity index (χ0) is 12.3. The third kappa shape index (κ3) is 2.56. The molecule has 1 aliphatic rings. The van der Waals surface area contributed by atoms with E-state index in [2.05, 4.69) is 36.5 Å². The Morgan fingerprint density at radius 3 is 2.65 bits per heavy atom. The summed E-state index contributed by atoms with van der Waals surface area (Å²) in [4.78, 5) is 11.7. The summed E-state index contributed by atoms with van der Waals surface area (Å²) in [7, 11) is 1.43. The van der Waals surface area contributed by atoms with Crippen molar-refractivity contribution >= 4 is 11.5 Å². The number of hydrogen-bond acceptors (Lipinski definition) is 3. The van der Waals surface area contributed by atoms with Crippen molar-refractivity contribution in [2.24, 2.45) is 0 Å². The molecule has 3 nitrogen and oxygen atoms in total. The van der Waals surface area contributed by atoms with E-state index in [-0.39, 0.29) is 5.97 Å². The Labute approximate surface area is 101 Å². The van der Waals surface area contributed by atoms with E-state index in [0.717, 1.165) is 36.2 Å². The fourth-order valence-corrected chi connectivity index (χ4v) is 2.06. The largest absolute Gasteiger partial charge is 0.466 e. The van der Waals surface area contributed by atoms with Gasteiger partial charge in [0.25, 0.3) is 0 Å². The van der Waals surface area contributed by atoms with Crippen LogP contribution in [0.25, 0.3) is 5.57 Å². The quantitative estimate of drug-likeness (QED) is 0.790. The Morgan fingerprint density at radius 1 is 1.29 bits per heavy atom. The minimum atomic E-state index is -0.206. The average Bonchev–Trinajstić information content (AvgIpc) is 2.39. The molecule has 1 N–H and O–H groups in total. The molecule has 0 atom stereocenters. The molecule has 3 heteroatoms. The van der Waals surface area contributed by atoms with Gasteiger partial charge in [0, 0.05) is 12.1 Å². The van der Waals surface area contributed by atoms with Crippen molar-refractivity contribution in [3.05, 3.63) is 41.0 Å². The van der Waals surface area contributed by atoms with E-state index in [9.17, 15) is 4.79 Å². The molecule has 0 unspecified atom stereocenters. The number of rotatable bonds is 2. The monoisotopic (exact) mass is 231 g/mol. The van der Waals surface area contributed by atoms with Crippen LogP contribution in [0.15, 0.2) is 29.8 Å². The van der Waals surface area contributed by atoms with Crippen LogP contribution < -0.4 is 5.32 Å². The van der Waals surface area contributed by atoms with Gasteiger partial charge in [-0.3, -0.25) is 0 Å². The summed E-state index contributed by atoms with van der Waals surface area (Å²) >= 11 is 0. The Morgan fingerprint density at radius 2 is 2.00 bits per heavy atom. The predicted molar refractivity (Wildman–Crippen MR) is 67.6 cm³/mol. The van der Waals surface area contributed by atoms with Crippen LogP contribution in [-0.2, 0) is 9.53 Å². The summed E-state index contributed by atoms with van der Waals surface area (Å²) in [5, 5.41) is 3.29. The van der Waals surface area contributed by atoms with Gasteiger partial charge in [-0.2, -0.15) is 0 Å². The number of aryl methyl sites for hydroxylation is 1. The number of benzene rings is 1. The van der Waals surface area contributed by atoms with E-state index in [1.807, 2.05) is 0 Å². The third-order valence-electron chi connectivity index (χ3n) is 3.05. The maximum atomic E-state index is 11.7. The first-order valence-electron chi connectivity index (χ1n) is 5.80. The van der Waals surface area contributed by atoms with Gasteiger partial charge in [-0.05, 0) is 31.0 Å². The summed E-state index contributed by atoms with van der Waals surface area (Å²) in [6.07, 6.45) is 0.732. The van der Waals surface area contributed by atoms with E-state index in [1.54, 1.807) is 0 Å². The molecule has 1 heterocycles. The molecule has 0 saturated carbocycles. The van der Waals surface area contributed by atoms with Crippen molar-refractivity contribution in [1.82, 2.24) is 5.32 Å². The lowest BCUT2D eigenvalue weighted by Gasteiger charge is -2.20. The van der Waals surface area contributed by atoms with E-state index in [0.29, 0.717) is 0 Å². The number of esters is 1. The first-order chi connectivity index (χ1) is 8.22. The van der Waals surface area contributed by atoms with Gasteiger partial charge >= 0.3 is 5.97 Å². The maximum absolute atomic E-state index is 11.7. The van der Waals surface area contributed by atoms with Gasteiger partial charge in [0.1, 0.15) is 0 Å². The molecular weight excluding hydrogens is 214 g/mol. The zero-order valence-corrected chi connectivity index (χ0v) is 10.2. The second-order valence-corrected chi connectivity index (χ2v) is 4.24. The lowest BCUT2D eigenvalue weighted by atomic mass is 9.94. The van der Waals surface area contributed by atoms with Gasteiger partial charge in [0.05, 0.1) is 7.11 Å². The number of carbonyl (C=O) groups is 1. The van der Waals surface area contributed by atoms with Crippen molar-refractivity contribution in [1.29, 1.82) is 0 Å². The van der Waals surface area contributed by atoms with Gasteiger partial charge in [-0.25, -0.2) is 4.79 Å². The minimum absolute atomic E-state index is 0.206. The highest BCUT2D eigenvalue weighted by Crippen LogP contribution is 2.24. The molecule has 1 aliphatic heterocycles. The molecule has 0 radical (unpaired) electrons. The molecule has 1 aromatic carbocycles. The topological polar surface area (TPSA) is 38.3 Å². The summed E-state index contributed by atoms with van der Waals surface area (Å²) in [5.74, 6) is -0.206. The number of hydrogen-bond donors (Lipinski definition) is 1. The Bertz CT molecular complexity index is 446. The van der Waals surface area contributed by atoms with Gasteiger partial charge in [-0.1, -0.05) is 29.8 Å². The van der Waals surface area contributed by atoms with Crippen LogP contribution in [0.4, 0.5) is 0 Å². The van der Waals surface area contributed by atoms with Crippen molar-refractivity contribution in [2.75, 3.05) is 20.2 Å². The standard InChI is InChI=1S/C14H17NO2/c1-10-3-5-11(6-4-10)13-9-15-8-7-12(13)14(16)17-2/h3-6,15H,7-9H2,1-2H3. The molecule has 0 fully saturated rings. The summed E-state index contributed by atoms with van der Waals surface area (Å²) in [6.45, 7) is 3.62. The molecule has 0 spiro atoms. The second-order valence-electron chi connectivity index (χ2n) is 4.24. The fraction of sp³-hybridized carbons (Fsp3) is 0.357. The van der Waals surface area contributed by atoms with Gasteiger partial charge in [0.15, 0.2) is 0 Å². The Balaban J connectivity index is 2.41. The summed E-state index contributed by atoms with van der Waals surface area (Å²) < 4.78 is 4.84. The minimum Gasteiger partial charge on any atom is -0.466 e. The van der Waals surface area contributed by atoms with Crippen LogP contribution >= 0.6 is 0 Å². The lowest BCUT2D eigenvalue weighted by Crippen LogP contribution is -2.27. The number of carbonyl (C=O) groups excluding carboxylic acids is 1.